The standard InChI is InChI=1S/C27H29F2N5O6S/c1-27(2)14-34(41(37,38)18-10-15(28)9-16(29)11-18)13-20-23(27)32-33-24(20)31-25(35)19-7-6-17(39-3)12-21(19)30-26(36)22-5-4-8-40-22/h6-7,9-12,22H,4-5,8,13-14H2,1-3H3,(H,30,36)(H2,31,32,33,35)/t22-/m1/s1. The molecular formula is C27H29F2N5O6S. The molecule has 0 bridgehead atoms. The third-order valence-electron chi connectivity index (χ3n) is 7.11. The number of sulfonamides is 1. The number of carbonyl (C=O) groups is 2. The van der Waals surface area contributed by atoms with Crippen molar-refractivity contribution in [2.75, 3.05) is 30.9 Å². The third kappa shape index (κ3) is 5.67. The minimum atomic E-state index is -4.31. The molecule has 1 atom stereocenters. The van der Waals surface area contributed by atoms with Crippen LogP contribution in [-0.2, 0) is 31.5 Å². The van der Waals surface area contributed by atoms with Crippen LogP contribution in [0.2, 0.25) is 0 Å². The van der Waals surface area contributed by atoms with Gasteiger partial charge in [-0.3, -0.25) is 14.7 Å². The second kappa shape index (κ2) is 10.8. The highest BCUT2D eigenvalue weighted by molar-refractivity contribution is 7.89. The highest BCUT2D eigenvalue weighted by atomic mass is 32.2. The van der Waals surface area contributed by atoms with E-state index in [-0.39, 0.29) is 30.2 Å². The summed E-state index contributed by atoms with van der Waals surface area (Å²) >= 11 is 0. The van der Waals surface area contributed by atoms with Crippen molar-refractivity contribution in [2.24, 2.45) is 0 Å². The maximum absolute atomic E-state index is 13.9. The number of nitrogens with one attached hydrogen (secondary N) is 3. The number of hydrogen-bond donors (Lipinski definition) is 3. The smallest absolute Gasteiger partial charge is 0.258 e. The van der Waals surface area contributed by atoms with Crippen molar-refractivity contribution in [1.29, 1.82) is 0 Å². The summed E-state index contributed by atoms with van der Waals surface area (Å²) in [6.45, 7) is 3.83. The Bertz CT molecular complexity index is 1600. The van der Waals surface area contributed by atoms with Crippen molar-refractivity contribution in [3.05, 3.63) is 64.9 Å². The molecule has 218 valence electrons. The summed E-state index contributed by atoms with van der Waals surface area (Å²) in [6, 6.07) is 6.67. The molecule has 1 fully saturated rings. The van der Waals surface area contributed by atoms with Crippen LogP contribution in [0.15, 0.2) is 41.3 Å². The Morgan fingerprint density at radius 2 is 1.88 bits per heavy atom. The number of aromatic amines is 1. The molecule has 41 heavy (non-hydrogen) atoms. The summed E-state index contributed by atoms with van der Waals surface area (Å²) in [6.07, 6.45) is 0.691. The number of aromatic nitrogens is 2. The Hall–Kier alpha value is -3.88. The van der Waals surface area contributed by atoms with Crippen molar-refractivity contribution in [2.45, 2.75) is 49.6 Å². The molecule has 2 amide bonds. The fourth-order valence-electron chi connectivity index (χ4n) is 5.06. The van der Waals surface area contributed by atoms with Gasteiger partial charge in [0.15, 0.2) is 5.82 Å². The number of rotatable bonds is 7. The zero-order valence-corrected chi connectivity index (χ0v) is 23.4. The lowest BCUT2D eigenvalue weighted by molar-refractivity contribution is -0.124. The highest BCUT2D eigenvalue weighted by Gasteiger charge is 2.41. The first-order valence-electron chi connectivity index (χ1n) is 12.8. The monoisotopic (exact) mass is 589 g/mol. The van der Waals surface area contributed by atoms with Crippen molar-refractivity contribution in [3.63, 3.8) is 0 Å². The van der Waals surface area contributed by atoms with Gasteiger partial charge >= 0.3 is 0 Å². The van der Waals surface area contributed by atoms with Crippen LogP contribution in [0.25, 0.3) is 0 Å². The minimum Gasteiger partial charge on any atom is -0.497 e. The molecule has 0 spiro atoms. The number of halogens is 2. The quantitative estimate of drug-likeness (QED) is 0.383. The van der Waals surface area contributed by atoms with Crippen molar-refractivity contribution in [1.82, 2.24) is 14.5 Å². The number of carbonyl (C=O) groups excluding carboxylic acids is 2. The second-order valence-corrected chi connectivity index (χ2v) is 12.5. The summed E-state index contributed by atoms with van der Waals surface area (Å²) in [7, 11) is -2.85. The van der Waals surface area contributed by atoms with E-state index in [9.17, 15) is 26.8 Å². The molecule has 3 heterocycles. The largest absolute Gasteiger partial charge is 0.497 e. The zero-order valence-electron chi connectivity index (χ0n) is 22.6. The van der Waals surface area contributed by atoms with Gasteiger partial charge in [0.05, 0.1) is 23.3 Å². The molecular weight excluding hydrogens is 560 g/mol. The van der Waals surface area contributed by atoms with Crippen molar-refractivity contribution < 1.29 is 36.3 Å². The van der Waals surface area contributed by atoms with E-state index in [1.165, 1.54) is 19.2 Å². The minimum absolute atomic E-state index is 0.00601. The van der Waals surface area contributed by atoms with Gasteiger partial charge in [-0.05, 0) is 37.1 Å². The molecule has 2 aliphatic rings. The lowest BCUT2D eigenvalue weighted by Gasteiger charge is -2.36. The molecule has 0 saturated carbocycles. The first kappa shape index (κ1) is 28.6. The summed E-state index contributed by atoms with van der Waals surface area (Å²) in [5.41, 5.74) is 0.524. The van der Waals surface area contributed by atoms with E-state index in [1.54, 1.807) is 19.9 Å². The van der Waals surface area contributed by atoms with Gasteiger partial charge in [-0.1, -0.05) is 13.8 Å². The van der Waals surface area contributed by atoms with E-state index in [2.05, 4.69) is 20.8 Å². The summed E-state index contributed by atoms with van der Waals surface area (Å²) in [5.74, 6) is -2.54. The lowest BCUT2D eigenvalue weighted by Crippen LogP contribution is -2.45. The van der Waals surface area contributed by atoms with E-state index >= 15 is 0 Å². The molecule has 1 saturated heterocycles. The van der Waals surface area contributed by atoms with Crippen LogP contribution in [-0.4, -0.2) is 61.1 Å². The maximum Gasteiger partial charge on any atom is 0.258 e. The molecule has 5 rings (SSSR count). The van der Waals surface area contributed by atoms with Gasteiger partial charge in [0, 0.05) is 48.5 Å². The number of anilines is 2. The Labute approximate surface area is 235 Å². The number of benzene rings is 2. The van der Waals surface area contributed by atoms with Crippen LogP contribution < -0.4 is 15.4 Å². The highest BCUT2D eigenvalue weighted by Crippen LogP contribution is 2.38. The number of methoxy groups -OCH3 is 1. The zero-order chi connectivity index (χ0) is 29.5. The van der Waals surface area contributed by atoms with E-state index in [4.69, 9.17) is 9.47 Å². The molecule has 14 heteroatoms. The van der Waals surface area contributed by atoms with Crippen molar-refractivity contribution >= 4 is 33.3 Å². The molecule has 2 aromatic carbocycles. The number of amides is 2. The van der Waals surface area contributed by atoms with Crippen LogP contribution in [0, 0.1) is 11.6 Å². The second-order valence-electron chi connectivity index (χ2n) is 10.5. The van der Waals surface area contributed by atoms with Gasteiger partial charge in [-0.15, -0.1) is 0 Å². The van der Waals surface area contributed by atoms with Crippen LogP contribution in [0.1, 0.15) is 48.3 Å². The summed E-state index contributed by atoms with van der Waals surface area (Å²) < 4.78 is 66.3. The molecule has 11 nitrogen and oxygen atoms in total. The normalized spacial score (nSPS) is 18.5. The van der Waals surface area contributed by atoms with E-state index in [0.29, 0.717) is 36.1 Å². The Balaban J connectivity index is 1.44. The fraction of sp³-hybridized carbons (Fsp3) is 0.370. The van der Waals surface area contributed by atoms with Crippen LogP contribution in [0.4, 0.5) is 20.3 Å². The molecule has 0 unspecified atom stereocenters. The van der Waals surface area contributed by atoms with Gasteiger partial charge < -0.3 is 20.1 Å². The predicted molar refractivity (Wildman–Crippen MR) is 144 cm³/mol. The van der Waals surface area contributed by atoms with E-state index in [1.807, 2.05) is 0 Å². The first-order valence-corrected chi connectivity index (χ1v) is 14.3. The maximum atomic E-state index is 13.9. The number of nitrogens with zero attached hydrogens (tertiary/aromatic N) is 2. The molecule has 1 aromatic heterocycles. The van der Waals surface area contributed by atoms with Gasteiger partial charge in [-0.2, -0.15) is 9.40 Å². The molecule has 0 radical (unpaired) electrons. The molecule has 3 aromatic rings. The summed E-state index contributed by atoms with van der Waals surface area (Å²) in [4.78, 5) is 25.7. The SMILES string of the molecule is COc1ccc(C(=O)Nc2n[nH]c3c2CN(S(=O)(=O)c2cc(F)cc(F)c2)CC3(C)C)c(NC(=O)[C@H]2CCCO2)c1. The van der Waals surface area contributed by atoms with Gasteiger partial charge in [-0.25, -0.2) is 17.2 Å². The van der Waals surface area contributed by atoms with Gasteiger partial charge in [0.25, 0.3) is 11.8 Å². The number of hydrogen-bond acceptors (Lipinski definition) is 7. The van der Waals surface area contributed by atoms with Crippen molar-refractivity contribution in [3.8, 4) is 5.75 Å². The lowest BCUT2D eigenvalue weighted by atomic mass is 9.84. The Morgan fingerprint density at radius 1 is 1.15 bits per heavy atom. The predicted octanol–water partition coefficient (Wildman–Crippen LogP) is 3.55. The molecule has 2 aliphatic heterocycles. The van der Waals surface area contributed by atoms with Crippen LogP contribution in [0.3, 0.4) is 0 Å². The van der Waals surface area contributed by atoms with Gasteiger partial charge in [0.2, 0.25) is 10.0 Å². The van der Waals surface area contributed by atoms with Gasteiger partial charge in [0.1, 0.15) is 23.5 Å². The topological polar surface area (TPSA) is 143 Å². The molecule has 3 N–H and O–H groups in total. The number of fused-ring (bicyclic) bond motifs is 1. The van der Waals surface area contributed by atoms with Crippen LogP contribution >= 0.6 is 0 Å². The molecule has 0 aliphatic carbocycles. The Kier molecular flexibility index (Phi) is 7.57. The Morgan fingerprint density at radius 3 is 2.54 bits per heavy atom. The first-order chi connectivity index (χ1) is 19.4. The van der Waals surface area contributed by atoms with Crippen LogP contribution in [0.5, 0.6) is 5.75 Å². The average molecular weight is 590 g/mol. The number of H-pyrrole nitrogens is 1. The average Bonchev–Trinajstić information content (AvgIpc) is 3.59. The van der Waals surface area contributed by atoms with E-state index < -0.39 is 49.9 Å². The fourth-order valence-corrected chi connectivity index (χ4v) is 6.67. The third-order valence-corrected chi connectivity index (χ3v) is 8.88. The number of ether oxygens (including phenoxy) is 2. The van der Waals surface area contributed by atoms with E-state index in [0.717, 1.165) is 22.9 Å². The summed E-state index contributed by atoms with van der Waals surface area (Å²) in [5, 5.41) is 12.6.